The van der Waals surface area contributed by atoms with E-state index in [1.807, 2.05) is 0 Å². The first-order valence-electron chi connectivity index (χ1n) is 10.1. The van der Waals surface area contributed by atoms with Gasteiger partial charge in [0.2, 0.25) is 0 Å². The van der Waals surface area contributed by atoms with Crippen molar-refractivity contribution in [2.24, 2.45) is 0 Å². The number of nitrogens with zero attached hydrogens (tertiary/aromatic N) is 2. The van der Waals surface area contributed by atoms with Gasteiger partial charge in [0.25, 0.3) is 0 Å². The number of hydrogen-bond acceptors (Lipinski definition) is 2. The van der Waals surface area contributed by atoms with Gasteiger partial charge >= 0.3 is 12.1 Å². The number of urea groups is 2. The number of nitrogens with one attached hydrogen (secondary N) is 1. The van der Waals surface area contributed by atoms with E-state index in [1.54, 1.807) is 0 Å². The minimum Gasteiger partial charge on any atom is -0.336 e. The number of fused-ring (bicyclic) bond motifs is 1. The molecule has 0 aromatic heterocycles. The highest BCUT2D eigenvalue weighted by Crippen LogP contribution is 2.44. The van der Waals surface area contributed by atoms with Crippen LogP contribution in [0.15, 0.2) is 24.3 Å². The van der Waals surface area contributed by atoms with Gasteiger partial charge in [-0.2, -0.15) is 0 Å². The molecule has 1 spiro atoms. The summed E-state index contributed by atoms with van der Waals surface area (Å²) in [6, 6.07) is 8.16. The maximum absolute atomic E-state index is 13.5. The first-order chi connectivity index (χ1) is 12.6. The predicted molar refractivity (Wildman–Crippen MR) is 101 cm³/mol. The molecule has 1 N–H and O–H groups in total. The molecule has 1 unspecified atom stereocenters. The van der Waals surface area contributed by atoms with Crippen LogP contribution in [0.2, 0.25) is 0 Å². The van der Waals surface area contributed by atoms with Crippen LogP contribution in [0.4, 0.5) is 9.59 Å². The van der Waals surface area contributed by atoms with Crippen molar-refractivity contribution in [1.82, 2.24) is 15.1 Å². The molecule has 3 aliphatic rings. The lowest BCUT2D eigenvalue weighted by Crippen LogP contribution is -2.55. The third-order valence-electron chi connectivity index (χ3n) is 6.53. The van der Waals surface area contributed by atoms with Gasteiger partial charge in [-0.3, -0.25) is 0 Å². The van der Waals surface area contributed by atoms with Crippen molar-refractivity contribution < 1.29 is 9.59 Å². The molecule has 0 bridgehead atoms. The fourth-order valence-electron chi connectivity index (χ4n) is 5.22. The van der Waals surface area contributed by atoms with Gasteiger partial charge in [-0.1, -0.05) is 56.9 Å². The first-order valence-corrected chi connectivity index (χ1v) is 10.1. The molecule has 0 radical (unpaired) electrons. The van der Waals surface area contributed by atoms with E-state index in [-0.39, 0.29) is 17.6 Å². The van der Waals surface area contributed by atoms with Crippen molar-refractivity contribution in [3.05, 3.63) is 35.4 Å². The lowest BCUT2D eigenvalue weighted by molar-refractivity contribution is 0.0694. The van der Waals surface area contributed by atoms with E-state index in [4.69, 9.17) is 0 Å². The minimum atomic E-state index is -0.246. The van der Waals surface area contributed by atoms with Crippen LogP contribution in [0.5, 0.6) is 0 Å². The summed E-state index contributed by atoms with van der Waals surface area (Å²) < 4.78 is 0. The number of rotatable bonds is 0. The Balaban J connectivity index is 1.75. The van der Waals surface area contributed by atoms with E-state index >= 15 is 0 Å². The largest absolute Gasteiger partial charge is 0.336 e. The van der Waals surface area contributed by atoms with Crippen LogP contribution in [0.1, 0.15) is 68.9 Å². The van der Waals surface area contributed by atoms with Crippen LogP contribution in [-0.2, 0) is 6.54 Å². The molecule has 5 heteroatoms. The first kappa shape index (κ1) is 17.4. The summed E-state index contributed by atoms with van der Waals surface area (Å²) in [6.07, 6.45) is 7.91. The Kier molecular flexibility index (Phi) is 4.63. The number of carbonyl (C=O) groups is 2. The summed E-state index contributed by atoms with van der Waals surface area (Å²) in [4.78, 5) is 29.1. The Morgan fingerprint density at radius 3 is 2.58 bits per heavy atom. The average Bonchev–Trinajstić information content (AvgIpc) is 2.87. The summed E-state index contributed by atoms with van der Waals surface area (Å²) in [5, 5.41) is 2.78. The highest BCUT2D eigenvalue weighted by atomic mass is 16.2. The van der Waals surface area contributed by atoms with Crippen molar-refractivity contribution in [3.8, 4) is 0 Å². The molecular weight excluding hydrogens is 326 g/mol. The third-order valence-corrected chi connectivity index (χ3v) is 6.53. The quantitative estimate of drug-likeness (QED) is 0.757. The molecule has 1 saturated carbocycles. The molecule has 26 heavy (non-hydrogen) atoms. The van der Waals surface area contributed by atoms with Gasteiger partial charge in [0, 0.05) is 25.2 Å². The minimum absolute atomic E-state index is 0.106. The maximum atomic E-state index is 13.5. The van der Waals surface area contributed by atoms with Gasteiger partial charge in [-0.25, -0.2) is 14.5 Å². The Labute approximate surface area is 155 Å². The number of hydrogen-bond donors (Lipinski definition) is 1. The van der Waals surface area contributed by atoms with Gasteiger partial charge < -0.3 is 10.2 Å². The second-order valence-corrected chi connectivity index (χ2v) is 8.19. The van der Waals surface area contributed by atoms with E-state index in [0.717, 1.165) is 19.3 Å². The van der Waals surface area contributed by atoms with Gasteiger partial charge in [-0.15, -0.1) is 0 Å². The topological polar surface area (TPSA) is 52.7 Å². The number of imide groups is 1. The Morgan fingerprint density at radius 2 is 1.88 bits per heavy atom. The molecule has 5 nitrogen and oxygen atoms in total. The van der Waals surface area contributed by atoms with E-state index in [2.05, 4.69) is 41.4 Å². The van der Waals surface area contributed by atoms with Crippen LogP contribution >= 0.6 is 0 Å². The molecule has 4 amide bonds. The Bertz CT molecular complexity index is 694. The van der Waals surface area contributed by atoms with Crippen molar-refractivity contribution in [1.29, 1.82) is 0 Å². The van der Waals surface area contributed by atoms with E-state index in [1.165, 1.54) is 41.7 Å². The van der Waals surface area contributed by atoms with E-state index < -0.39 is 0 Å². The van der Waals surface area contributed by atoms with Gasteiger partial charge in [-0.05, 0) is 36.3 Å². The molecule has 2 heterocycles. The maximum Gasteiger partial charge on any atom is 0.328 e. The molecular formula is C21H29N3O2. The van der Waals surface area contributed by atoms with Crippen molar-refractivity contribution in [2.45, 2.75) is 69.9 Å². The average molecular weight is 355 g/mol. The van der Waals surface area contributed by atoms with Gasteiger partial charge in [0.15, 0.2) is 0 Å². The molecule has 4 rings (SSSR count). The lowest BCUT2D eigenvalue weighted by atomic mass is 9.79. The van der Waals surface area contributed by atoms with Gasteiger partial charge in [0.1, 0.15) is 0 Å². The smallest absolute Gasteiger partial charge is 0.328 e. The van der Waals surface area contributed by atoms with E-state index in [0.29, 0.717) is 25.6 Å². The summed E-state index contributed by atoms with van der Waals surface area (Å²) >= 11 is 0. The van der Waals surface area contributed by atoms with Crippen molar-refractivity contribution in [2.75, 3.05) is 13.1 Å². The van der Waals surface area contributed by atoms with E-state index in [9.17, 15) is 9.59 Å². The molecule has 140 valence electrons. The zero-order valence-electron chi connectivity index (χ0n) is 15.7. The van der Waals surface area contributed by atoms with Gasteiger partial charge in [0.05, 0.1) is 0 Å². The molecule has 1 aromatic rings. The zero-order valence-corrected chi connectivity index (χ0v) is 15.7. The molecule has 1 aromatic carbocycles. The SMILES string of the molecule is CC1CC2(CCCCCC2)N(C(=O)N2CCNC2=O)Cc2ccccc21. The number of amides is 4. The van der Waals surface area contributed by atoms with Crippen molar-refractivity contribution >= 4 is 12.1 Å². The normalized spacial score (nSPS) is 25.4. The standard InChI is InChI=1S/C21H29N3O2/c1-16-14-21(10-6-2-3-7-11-21)24(15-17-8-4-5-9-18(16)17)20(26)23-13-12-22-19(23)25/h4-5,8-9,16H,2-3,6-7,10-15H2,1H3,(H,22,25). The highest BCUT2D eigenvalue weighted by molar-refractivity contribution is 5.95. The Hall–Kier alpha value is -2.04. The Morgan fingerprint density at radius 1 is 1.15 bits per heavy atom. The van der Waals surface area contributed by atoms with Crippen LogP contribution in [-0.4, -0.2) is 40.5 Å². The predicted octanol–water partition coefficient (Wildman–Crippen LogP) is 4.23. The van der Waals surface area contributed by atoms with Crippen LogP contribution in [0.3, 0.4) is 0 Å². The molecule has 1 atom stereocenters. The highest BCUT2D eigenvalue weighted by Gasteiger charge is 2.46. The second kappa shape index (κ2) is 6.93. The van der Waals surface area contributed by atoms with Crippen molar-refractivity contribution in [3.63, 3.8) is 0 Å². The summed E-state index contributed by atoms with van der Waals surface area (Å²) in [5.41, 5.74) is 2.46. The van der Waals surface area contributed by atoms with Crippen LogP contribution < -0.4 is 5.32 Å². The summed E-state index contributed by atoms with van der Waals surface area (Å²) in [7, 11) is 0. The lowest BCUT2D eigenvalue weighted by Gasteiger charge is -2.44. The summed E-state index contributed by atoms with van der Waals surface area (Å²) in [5.74, 6) is 0.425. The third kappa shape index (κ3) is 2.97. The summed E-state index contributed by atoms with van der Waals surface area (Å²) in [6.45, 7) is 3.94. The molecule has 2 aliphatic heterocycles. The second-order valence-electron chi connectivity index (χ2n) is 8.19. The molecule has 2 fully saturated rings. The number of benzene rings is 1. The number of carbonyl (C=O) groups excluding carboxylic acids is 2. The van der Waals surface area contributed by atoms with Crippen LogP contribution in [0.25, 0.3) is 0 Å². The van der Waals surface area contributed by atoms with Crippen LogP contribution in [0, 0.1) is 0 Å². The fourth-order valence-corrected chi connectivity index (χ4v) is 5.22. The molecule has 1 aliphatic carbocycles. The fraction of sp³-hybridized carbons (Fsp3) is 0.619. The zero-order chi connectivity index (χ0) is 18.1. The monoisotopic (exact) mass is 355 g/mol. The molecule has 1 saturated heterocycles.